The van der Waals surface area contributed by atoms with Crippen LogP contribution in [0.25, 0.3) is 0 Å². The summed E-state index contributed by atoms with van der Waals surface area (Å²) in [7, 11) is 0. The van der Waals surface area contributed by atoms with Gasteiger partial charge in [-0.3, -0.25) is 0 Å². The molecule has 0 aliphatic rings. The van der Waals surface area contributed by atoms with E-state index in [2.05, 4.69) is 20.8 Å². The van der Waals surface area contributed by atoms with Crippen molar-refractivity contribution in [3.05, 3.63) is 53.1 Å². The van der Waals surface area contributed by atoms with Crippen LogP contribution in [0.15, 0.2) is 30.3 Å². The predicted molar refractivity (Wildman–Crippen MR) is 80.7 cm³/mol. The molecule has 0 aliphatic carbocycles. The molecule has 0 unspecified atom stereocenters. The van der Waals surface area contributed by atoms with E-state index in [1.54, 1.807) is 6.07 Å². The molecule has 0 saturated heterocycles. The van der Waals surface area contributed by atoms with E-state index in [9.17, 15) is 8.78 Å². The van der Waals surface area contributed by atoms with Crippen molar-refractivity contribution in [2.24, 2.45) is 0 Å². The number of benzene rings is 2. The van der Waals surface area contributed by atoms with Crippen LogP contribution in [-0.4, -0.2) is 0 Å². The summed E-state index contributed by atoms with van der Waals surface area (Å²) in [5.41, 5.74) is 7.44. The van der Waals surface area contributed by atoms with Crippen LogP contribution < -0.4 is 10.5 Å². The minimum atomic E-state index is -0.825. The Kier molecular flexibility index (Phi) is 3.90. The van der Waals surface area contributed by atoms with Gasteiger partial charge >= 0.3 is 0 Å². The first-order valence-corrected chi connectivity index (χ1v) is 6.72. The Morgan fingerprint density at radius 1 is 1.00 bits per heavy atom. The van der Waals surface area contributed by atoms with Gasteiger partial charge in [-0.05, 0) is 29.5 Å². The third-order valence-electron chi connectivity index (χ3n) is 3.32. The van der Waals surface area contributed by atoms with Crippen molar-refractivity contribution in [2.75, 3.05) is 5.73 Å². The van der Waals surface area contributed by atoms with Crippen LogP contribution in [0.5, 0.6) is 11.5 Å². The van der Waals surface area contributed by atoms with Crippen LogP contribution in [0.3, 0.4) is 0 Å². The number of halogens is 2. The van der Waals surface area contributed by atoms with Gasteiger partial charge < -0.3 is 10.5 Å². The number of nitrogen functional groups attached to an aromatic ring is 1. The lowest BCUT2D eigenvalue weighted by atomic mass is 9.86. The molecule has 0 aliphatic heterocycles. The van der Waals surface area contributed by atoms with E-state index in [1.165, 1.54) is 0 Å². The molecule has 2 N–H and O–H groups in total. The fourth-order valence-electron chi connectivity index (χ4n) is 1.99. The van der Waals surface area contributed by atoms with Crippen LogP contribution in [-0.2, 0) is 5.41 Å². The molecule has 2 aromatic rings. The van der Waals surface area contributed by atoms with Crippen LogP contribution in [0.1, 0.15) is 31.9 Å². The van der Waals surface area contributed by atoms with E-state index in [0.29, 0.717) is 5.75 Å². The standard InChI is InChI=1S/C17H19F2NO/c1-10-7-11(17(2,3)4)5-6-14(10)21-15-9-12(18)8-13(19)16(15)20/h5-9H,20H2,1-4H3. The SMILES string of the molecule is Cc1cc(C(C)(C)C)ccc1Oc1cc(F)cc(F)c1N. The van der Waals surface area contributed by atoms with Gasteiger partial charge in [0.15, 0.2) is 11.6 Å². The van der Waals surface area contributed by atoms with Crippen molar-refractivity contribution in [2.45, 2.75) is 33.1 Å². The second kappa shape index (κ2) is 5.35. The van der Waals surface area contributed by atoms with Gasteiger partial charge in [-0.2, -0.15) is 0 Å². The number of rotatable bonds is 2. The highest BCUT2D eigenvalue weighted by molar-refractivity contribution is 5.56. The predicted octanol–water partition coefficient (Wildman–Crippen LogP) is 4.95. The topological polar surface area (TPSA) is 35.2 Å². The Balaban J connectivity index is 2.37. The average Bonchev–Trinajstić information content (AvgIpc) is 2.36. The largest absolute Gasteiger partial charge is 0.455 e. The summed E-state index contributed by atoms with van der Waals surface area (Å²) < 4.78 is 32.2. The molecule has 0 atom stereocenters. The minimum absolute atomic E-state index is 0.0147. The van der Waals surface area contributed by atoms with Crippen molar-refractivity contribution < 1.29 is 13.5 Å². The quantitative estimate of drug-likeness (QED) is 0.795. The molecule has 2 aromatic carbocycles. The van der Waals surface area contributed by atoms with E-state index in [4.69, 9.17) is 10.5 Å². The molecule has 112 valence electrons. The second-order valence-corrected chi connectivity index (χ2v) is 6.13. The van der Waals surface area contributed by atoms with Gasteiger partial charge in [-0.15, -0.1) is 0 Å². The molecule has 21 heavy (non-hydrogen) atoms. The van der Waals surface area contributed by atoms with Crippen molar-refractivity contribution >= 4 is 5.69 Å². The zero-order chi connectivity index (χ0) is 15.8. The molecule has 0 heterocycles. The van der Waals surface area contributed by atoms with Gasteiger partial charge in [-0.25, -0.2) is 8.78 Å². The zero-order valence-corrected chi connectivity index (χ0v) is 12.6. The molecule has 2 nitrogen and oxygen atoms in total. The average molecular weight is 291 g/mol. The Hall–Kier alpha value is -2.10. The van der Waals surface area contributed by atoms with Crippen LogP contribution in [0.4, 0.5) is 14.5 Å². The number of nitrogens with two attached hydrogens (primary N) is 1. The molecule has 0 aromatic heterocycles. The summed E-state index contributed by atoms with van der Waals surface area (Å²) >= 11 is 0. The first-order chi connectivity index (χ1) is 9.68. The Bertz CT molecular complexity index is 675. The fourth-order valence-corrected chi connectivity index (χ4v) is 1.99. The number of hydrogen-bond donors (Lipinski definition) is 1. The van der Waals surface area contributed by atoms with Crippen molar-refractivity contribution in [3.63, 3.8) is 0 Å². The molecule has 0 saturated carbocycles. The number of ether oxygens (including phenoxy) is 1. The molecule has 4 heteroatoms. The van der Waals surface area contributed by atoms with Crippen LogP contribution in [0, 0.1) is 18.6 Å². The van der Waals surface area contributed by atoms with E-state index >= 15 is 0 Å². The van der Waals surface area contributed by atoms with E-state index < -0.39 is 11.6 Å². The lowest BCUT2D eigenvalue weighted by molar-refractivity contribution is 0.467. The zero-order valence-electron chi connectivity index (χ0n) is 12.6. The Labute approximate surface area is 123 Å². The number of aryl methyl sites for hydroxylation is 1. The Morgan fingerprint density at radius 3 is 2.24 bits per heavy atom. The normalized spacial score (nSPS) is 11.5. The molecule has 2 rings (SSSR count). The van der Waals surface area contributed by atoms with Crippen LogP contribution >= 0.6 is 0 Å². The summed E-state index contributed by atoms with van der Waals surface area (Å²) in [4.78, 5) is 0. The minimum Gasteiger partial charge on any atom is -0.455 e. The van der Waals surface area contributed by atoms with Gasteiger partial charge in [-0.1, -0.05) is 32.9 Å². The first-order valence-electron chi connectivity index (χ1n) is 6.72. The van der Waals surface area contributed by atoms with E-state index in [-0.39, 0.29) is 16.9 Å². The van der Waals surface area contributed by atoms with Gasteiger partial charge in [0.05, 0.1) is 0 Å². The van der Waals surface area contributed by atoms with Crippen molar-refractivity contribution in [1.29, 1.82) is 0 Å². The summed E-state index contributed by atoms with van der Waals surface area (Å²) in [5, 5.41) is 0. The Morgan fingerprint density at radius 2 is 1.67 bits per heavy atom. The molecule has 0 bridgehead atoms. The van der Waals surface area contributed by atoms with Crippen molar-refractivity contribution in [3.8, 4) is 11.5 Å². The van der Waals surface area contributed by atoms with Crippen molar-refractivity contribution in [1.82, 2.24) is 0 Å². The highest BCUT2D eigenvalue weighted by Crippen LogP contribution is 2.34. The van der Waals surface area contributed by atoms with E-state index in [0.717, 1.165) is 23.3 Å². The summed E-state index contributed by atoms with van der Waals surface area (Å²) in [6.07, 6.45) is 0. The number of anilines is 1. The highest BCUT2D eigenvalue weighted by atomic mass is 19.1. The second-order valence-electron chi connectivity index (χ2n) is 6.13. The van der Waals surface area contributed by atoms with Gasteiger partial charge in [0, 0.05) is 12.1 Å². The third kappa shape index (κ3) is 3.32. The van der Waals surface area contributed by atoms with Gasteiger partial charge in [0.2, 0.25) is 0 Å². The highest BCUT2D eigenvalue weighted by Gasteiger charge is 2.16. The lowest BCUT2D eigenvalue weighted by Crippen LogP contribution is -2.11. The number of hydrogen-bond acceptors (Lipinski definition) is 2. The maximum atomic E-state index is 13.4. The fraction of sp³-hybridized carbons (Fsp3) is 0.294. The molecular formula is C17H19F2NO. The monoisotopic (exact) mass is 291 g/mol. The maximum Gasteiger partial charge on any atom is 0.156 e. The van der Waals surface area contributed by atoms with Gasteiger partial charge in [0.1, 0.15) is 17.3 Å². The summed E-state index contributed by atoms with van der Waals surface area (Å²) in [5.74, 6) is -1.03. The molecule has 0 fully saturated rings. The molecule has 0 spiro atoms. The first kappa shape index (κ1) is 15.3. The molecule has 0 amide bonds. The van der Waals surface area contributed by atoms with E-state index in [1.807, 2.05) is 19.1 Å². The van der Waals surface area contributed by atoms with Crippen LogP contribution in [0.2, 0.25) is 0 Å². The lowest BCUT2D eigenvalue weighted by Gasteiger charge is -2.20. The molecule has 0 radical (unpaired) electrons. The third-order valence-corrected chi connectivity index (χ3v) is 3.32. The summed E-state index contributed by atoms with van der Waals surface area (Å²) in [6.45, 7) is 8.23. The maximum absolute atomic E-state index is 13.4. The molecular weight excluding hydrogens is 272 g/mol. The van der Waals surface area contributed by atoms with Gasteiger partial charge in [0.25, 0.3) is 0 Å². The smallest absolute Gasteiger partial charge is 0.156 e. The summed E-state index contributed by atoms with van der Waals surface area (Å²) in [6, 6.07) is 7.54.